The van der Waals surface area contributed by atoms with E-state index in [1.54, 1.807) is 0 Å². The minimum absolute atomic E-state index is 0. The third-order valence-electron chi connectivity index (χ3n) is 2.21. The molecule has 0 amide bonds. The molecule has 0 heterocycles. The Morgan fingerprint density at radius 3 is 1.47 bits per heavy atom. The van der Waals surface area contributed by atoms with E-state index in [2.05, 4.69) is 0 Å². The zero-order valence-electron chi connectivity index (χ0n) is 8.96. The first-order valence-electron chi connectivity index (χ1n) is 4.88. The molecule has 0 saturated heterocycles. The van der Waals surface area contributed by atoms with E-state index in [9.17, 15) is 19.8 Å². The van der Waals surface area contributed by atoms with Crippen LogP contribution in [0.4, 0.5) is 0 Å². The first-order valence-corrected chi connectivity index (χ1v) is 4.88. The number of carboxylic acid groups (broad SMARTS) is 2. The maximum absolute atomic E-state index is 9.36. The second kappa shape index (κ2) is 9.53. The standard InChI is InChI=1S/C6H12N2.C3H4O5.Pt/c7-5-3-1-2-4-6(5)8;4-1(2(5)6)3(7)8;/h5-8H,1-4H2;1,4H,(H,5,6)(H,7,8);/q-2;;+4/p-2. The molecule has 0 radical (unpaired) electrons. The number of rotatable bonds is 2. The summed E-state index contributed by atoms with van der Waals surface area (Å²) in [6.45, 7) is 0. The van der Waals surface area contributed by atoms with Gasteiger partial charge < -0.3 is 36.4 Å². The smallest absolute Gasteiger partial charge is 0.676 e. The molecule has 2 atom stereocenters. The Hall–Kier alpha value is -0.492. The molecule has 0 aromatic rings. The number of aliphatic carboxylic acids is 2. The van der Waals surface area contributed by atoms with Crippen molar-refractivity contribution in [3.8, 4) is 0 Å². The van der Waals surface area contributed by atoms with Crippen molar-refractivity contribution in [2.45, 2.75) is 43.9 Å². The van der Waals surface area contributed by atoms with Crippen molar-refractivity contribution in [2.24, 2.45) is 0 Å². The van der Waals surface area contributed by atoms with Crippen LogP contribution in [-0.4, -0.2) is 35.2 Å². The zero-order chi connectivity index (χ0) is 12.7. The van der Waals surface area contributed by atoms with Crippen LogP contribution < -0.4 is 10.2 Å². The van der Waals surface area contributed by atoms with Crippen LogP contribution in [-0.2, 0) is 30.7 Å². The second-order valence-corrected chi connectivity index (χ2v) is 3.54. The van der Waals surface area contributed by atoms with E-state index < -0.39 is 18.0 Å². The largest absolute Gasteiger partial charge is 4.00 e. The predicted octanol–water partition coefficient (Wildman–Crippen LogP) is -1.75. The van der Waals surface area contributed by atoms with Gasteiger partial charge in [0.05, 0.1) is 11.9 Å². The molecule has 8 heteroatoms. The van der Waals surface area contributed by atoms with Crippen LogP contribution in [0.2, 0.25) is 0 Å². The summed E-state index contributed by atoms with van der Waals surface area (Å²) in [4.78, 5) is 18.7. The van der Waals surface area contributed by atoms with Gasteiger partial charge in [0.25, 0.3) is 0 Å². The topological polar surface area (TPSA) is 148 Å². The molecule has 2 unspecified atom stereocenters. The molecule has 0 aromatic heterocycles. The predicted molar refractivity (Wildman–Crippen MR) is 50.7 cm³/mol. The van der Waals surface area contributed by atoms with E-state index in [0.29, 0.717) is 0 Å². The number of aliphatic hydroxyl groups excluding tert-OH is 1. The van der Waals surface area contributed by atoms with Gasteiger partial charge in [-0.05, 0) is 0 Å². The normalized spacial score (nSPS) is 23.1. The Morgan fingerprint density at radius 1 is 1.06 bits per heavy atom. The summed E-state index contributed by atoms with van der Waals surface area (Å²) >= 11 is 0. The molecule has 100 valence electrons. The Balaban J connectivity index is 0. The molecule has 1 fully saturated rings. The summed E-state index contributed by atoms with van der Waals surface area (Å²) in [7, 11) is 0. The zero-order valence-corrected chi connectivity index (χ0v) is 11.2. The Morgan fingerprint density at radius 2 is 1.35 bits per heavy atom. The molecule has 1 saturated carbocycles. The molecule has 0 spiro atoms. The summed E-state index contributed by atoms with van der Waals surface area (Å²) in [6.07, 6.45) is 1.73. The van der Waals surface area contributed by atoms with Gasteiger partial charge in [-0.1, -0.05) is 25.7 Å². The van der Waals surface area contributed by atoms with E-state index >= 15 is 0 Å². The quantitative estimate of drug-likeness (QED) is 0.521. The average Bonchev–Trinajstić information content (AvgIpc) is 2.22. The number of hydrogen-bond donors (Lipinski definition) is 1. The van der Waals surface area contributed by atoms with E-state index in [-0.39, 0.29) is 33.1 Å². The summed E-state index contributed by atoms with van der Waals surface area (Å²) < 4.78 is 0. The van der Waals surface area contributed by atoms with Crippen molar-refractivity contribution < 1.29 is 46.0 Å². The Bertz CT molecular complexity index is 228. The third-order valence-corrected chi connectivity index (χ3v) is 2.21. The number of nitrogens with one attached hydrogen (secondary N) is 2. The van der Waals surface area contributed by atoms with Crippen molar-refractivity contribution in [3.63, 3.8) is 0 Å². The van der Waals surface area contributed by atoms with E-state index in [4.69, 9.17) is 16.6 Å². The molecular formula is C9H14N2O5Pt. The molecule has 1 aliphatic rings. The minimum atomic E-state index is -2.52. The van der Waals surface area contributed by atoms with Crippen LogP contribution in [0.25, 0.3) is 11.5 Å². The van der Waals surface area contributed by atoms with Gasteiger partial charge >= 0.3 is 21.1 Å². The molecule has 0 bridgehead atoms. The molecule has 7 nitrogen and oxygen atoms in total. The van der Waals surface area contributed by atoms with Crippen molar-refractivity contribution in [1.82, 2.24) is 0 Å². The number of carbonyl (C=O) groups is 2. The number of aliphatic hydroxyl groups is 1. The number of carbonyl (C=O) groups excluding carboxylic acids is 2. The fourth-order valence-electron chi connectivity index (χ4n) is 1.23. The van der Waals surface area contributed by atoms with Crippen LogP contribution in [0.5, 0.6) is 0 Å². The van der Waals surface area contributed by atoms with Crippen molar-refractivity contribution >= 4 is 11.9 Å². The van der Waals surface area contributed by atoms with E-state index in [1.165, 1.54) is 12.8 Å². The van der Waals surface area contributed by atoms with Crippen LogP contribution in [0.3, 0.4) is 0 Å². The maximum Gasteiger partial charge on any atom is 4.00 e. The third kappa shape index (κ3) is 8.26. The SMILES string of the molecule is O=C([O-])C(O)C(=O)[O-].[NH-]C1CCCCC1[NH-].[Pt+4]. The average molecular weight is 425 g/mol. The van der Waals surface area contributed by atoms with Gasteiger partial charge in [0.2, 0.25) is 0 Å². The van der Waals surface area contributed by atoms with Gasteiger partial charge in [-0.3, -0.25) is 0 Å². The van der Waals surface area contributed by atoms with Gasteiger partial charge in [-0.2, -0.15) is 12.1 Å². The molecular weight excluding hydrogens is 411 g/mol. The number of hydrogen-bond acceptors (Lipinski definition) is 5. The first kappa shape index (κ1) is 18.9. The molecule has 1 aliphatic carbocycles. The molecule has 0 aromatic carbocycles. The first-order chi connectivity index (χ1) is 7.36. The summed E-state index contributed by atoms with van der Waals surface area (Å²) in [5.41, 5.74) is 14.6. The molecule has 0 aliphatic heterocycles. The van der Waals surface area contributed by atoms with Crippen LogP contribution >= 0.6 is 0 Å². The van der Waals surface area contributed by atoms with Gasteiger partial charge in [-0.15, -0.1) is 0 Å². The fraction of sp³-hybridized carbons (Fsp3) is 0.778. The van der Waals surface area contributed by atoms with Crippen molar-refractivity contribution in [2.75, 3.05) is 0 Å². The fourth-order valence-corrected chi connectivity index (χ4v) is 1.23. The molecule has 1 rings (SSSR count). The van der Waals surface area contributed by atoms with Gasteiger partial charge in [0.1, 0.15) is 6.10 Å². The second-order valence-electron chi connectivity index (χ2n) is 3.54. The van der Waals surface area contributed by atoms with Crippen LogP contribution in [0.1, 0.15) is 25.7 Å². The maximum atomic E-state index is 9.36. The minimum Gasteiger partial charge on any atom is -0.676 e. The van der Waals surface area contributed by atoms with Gasteiger partial charge in [0, 0.05) is 0 Å². The molecule has 17 heavy (non-hydrogen) atoms. The summed E-state index contributed by atoms with van der Waals surface area (Å²) in [6, 6.07) is -0.160. The van der Waals surface area contributed by atoms with Crippen molar-refractivity contribution in [3.05, 3.63) is 11.5 Å². The van der Waals surface area contributed by atoms with E-state index in [1.807, 2.05) is 0 Å². The van der Waals surface area contributed by atoms with Gasteiger partial charge in [-0.25, -0.2) is 0 Å². The Labute approximate surface area is 113 Å². The Kier molecular flexibility index (Phi) is 10.6. The van der Waals surface area contributed by atoms with Crippen LogP contribution in [0, 0.1) is 0 Å². The monoisotopic (exact) mass is 425 g/mol. The summed E-state index contributed by atoms with van der Waals surface area (Å²) in [5.74, 6) is -4.13. The van der Waals surface area contributed by atoms with Crippen LogP contribution in [0.15, 0.2) is 0 Å². The van der Waals surface area contributed by atoms with Crippen molar-refractivity contribution in [1.29, 1.82) is 0 Å². The molecule has 3 N–H and O–H groups in total. The summed E-state index contributed by atoms with van der Waals surface area (Å²) in [5, 5.41) is 26.6. The van der Waals surface area contributed by atoms with Gasteiger partial charge in [0.15, 0.2) is 0 Å². The van der Waals surface area contributed by atoms with E-state index in [0.717, 1.165) is 12.8 Å². The number of carboxylic acids is 2.